The van der Waals surface area contributed by atoms with Crippen LogP contribution in [0.1, 0.15) is 16.6 Å². The van der Waals surface area contributed by atoms with Gasteiger partial charge < -0.3 is 9.47 Å². The van der Waals surface area contributed by atoms with E-state index in [1.54, 1.807) is 11.3 Å². The van der Waals surface area contributed by atoms with Crippen LogP contribution in [0.3, 0.4) is 0 Å². The lowest BCUT2D eigenvalue weighted by molar-refractivity contribution is -0.149. The third kappa shape index (κ3) is 2.52. The van der Waals surface area contributed by atoms with Crippen molar-refractivity contribution < 1.29 is 19.1 Å². The van der Waals surface area contributed by atoms with Gasteiger partial charge in [-0.05, 0) is 19.1 Å². The number of thiophene rings is 2. The summed E-state index contributed by atoms with van der Waals surface area (Å²) in [7, 11) is 1.26. The fourth-order valence-corrected chi connectivity index (χ4v) is 4.44. The number of rotatable bonds is 3. The first-order valence-corrected chi connectivity index (χ1v) is 7.93. The summed E-state index contributed by atoms with van der Waals surface area (Å²) in [4.78, 5) is 23.8. The molecule has 0 amide bonds. The van der Waals surface area contributed by atoms with E-state index in [2.05, 4.69) is 10.8 Å². The molecule has 108 valence electrons. The van der Waals surface area contributed by atoms with Gasteiger partial charge in [0.25, 0.3) is 0 Å². The first-order chi connectivity index (χ1) is 10.1. The number of carbonyl (C=O) groups excluding carboxylic acids is 2. The van der Waals surface area contributed by atoms with Crippen LogP contribution >= 0.6 is 22.7 Å². The van der Waals surface area contributed by atoms with E-state index in [4.69, 9.17) is 4.74 Å². The number of esters is 2. The highest BCUT2D eigenvalue weighted by molar-refractivity contribution is 7.33. The lowest BCUT2D eigenvalue weighted by Gasteiger charge is -2.09. The van der Waals surface area contributed by atoms with Gasteiger partial charge in [0.15, 0.2) is 6.10 Å². The molecular weight excluding hydrogens is 308 g/mol. The molecule has 0 fully saturated rings. The second-order valence-electron chi connectivity index (χ2n) is 4.47. The molecule has 21 heavy (non-hydrogen) atoms. The molecular formula is C15H12O4S2. The number of benzene rings is 1. The van der Waals surface area contributed by atoms with Crippen LogP contribution in [-0.4, -0.2) is 25.2 Å². The van der Waals surface area contributed by atoms with Gasteiger partial charge in [0.1, 0.15) is 4.88 Å². The fraction of sp³-hybridized carbons (Fsp3) is 0.200. The molecule has 1 unspecified atom stereocenters. The zero-order chi connectivity index (χ0) is 15.0. The van der Waals surface area contributed by atoms with Gasteiger partial charge in [0.2, 0.25) is 0 Å². The van der Waals surface area contributed by atoms with Crippen LogP contribution < -0.4 is 0 Å². The molecule has 0 aliphatic heterocycles. The van der Waals surface area contributed by atoms with Crippen molar-refractivity contribution in [3.63, 3.8) is 0 Å². The Balaban J connectivity index is 1.91. The molecule has 0 spiro atoms. The molecule has 0 N–H and O–H groups in total. The molecule has 0 aliphatic carbocycles. The van der Waals surface area contributed by atoms with Gasteiger partial charge in [0.05, 0.1) is 11.8 Å². The van der Waals surface area contributed by atoms with Crippen LogP contribution in [0, 0.1) is 0 Å². The highest BCUT2D eigenvalue weighted by atomic mass is 32.1. The minimum Gasteiger partial charge on any atom is -0.466 e. The van der Waals surface area contributed by atoms with E-state index >= 15 is 0 Å². The van der Waals surface area contributed by atoms with E-state index in [1.807, 2.05) is 24.3 Å². The zero-order valence-corrected chi connectivity index (χ0v) is 13.0. The molecule has 0 aliphatic rings. The van der Waals surface area contributed by atoms with E-state index in [-0.39, 0.29) is 0 Å². The summed E-state index contributed by atoms with van der Waals surface area (Å²) in [6.45, 7) is 1.50. The number of methoxy groups -OCH3 is 1. The van der Waals surface area contributed by atoms with E-state index in [1.165, 1.54) is 30.1 Å². The van der Waals surface area contributed by atoms with Crippen molar-refractivity contribution in [3.8, 4) is 0 Å². The smallest absolute Gasteiger partial charge is 0.349 e. The largest absolute Gasteiger partial charge is 0.466 e. The summed E-state index contributed by atoms with van der Waals surface area (Å²) in [6.07, 6.45) is -0.903. The van der Waals surface area contributed by atoms with E-state index in [0.29, 0.717) is 4.88 Å². The van der Waals surface area contributed by atoms with Crippen LogP contribution in [0.5, 0.6) is 0 Å². The molecule has 2 heterocycles. The van der Waals surface area contributed by atoms with E-state index in [9.17, 15) is 9.59 Å². The Hall–Kier alpha value is -1.92. The number of ether oxygens (including phenoxy) is 2. The van der Waals surface area contributed by atoms with Gasteiger partial charge in [-0.3, -0.25) is 0 Å². The molecule has 1 aromatic carbocycles. The average Bonchev–Trinajstić information content (AvgIpc) is 3.03. The highest BCUT2D eigenvalue weighted by Crippen LogP contribution is 2.39. The molecule has 6 heteroatoms. The Labute approximate surface area is 128 Å². The van der Waals surface area contributed by atoms with Crippen molar-refractivity contribution in [1.82, 2.24) is 0 Å². The Kier molecular flexibility index (Phi) is 3.65. The molecule has 0 bridgehead atoms. The van der Waals surface area contributed by atoms with Crippen LogP contribution in [0.4, 0.5) is 0 Å². The Morgan fingerprint density at radius 2 is 1.90 bits per heavy atom. The van der Waals surface area contributed by atoms with Crippen molar-refractivity contribution in [1.29, 1.82) is 0 Å². The van der Waals surface area contributed by atoms with E-state index < -0.39 is 18.0 Å². The molecule has 3 rings (SSSR count). The third-order valence-electron chi connectivity index (χ3n) is 3.07. The van der Waals surface area contributed by atoms with Crippen molar-refractivity contribution in [2.45, 2.75) is 13.0 Å². The van der Waals surface area contributed by atoms with Crippen molar-refractivity contribution in [3.05, 3.63) is 35.2 Å². The molecule has 0 saturated carbocycles. The van der Waals surface area contributed by atoms with Gasteiger partial charge in [-0.1, -0.05) is 18.2 Å². The van der Waals surface area contributed by atoms with Gasteiger partial charge in [-0.15, -0.1) is 22.7 Å². The molecule has 4 nitrogen and oxygen atoms in total. The Bertz CT molecular complexity index is 831. The predicted octanol–water partition coefficient (Wildman–Crippen LogP) is 3.83. The standard InChI is InChI=1S/C15H12O4S2/c1-8(14(16)18-2)19-15(17)12-7-11-13(21-12)9-5-3-4-6-10(9)20-11/h3-8H,1-2H3. The number of hydrogen-bond acceptors (Lipinski definition) is 6. The second kappa shape index (κ2) is 5.46. The molecule has 2 aromatic heterocycles. The summed E-state index contributed by atoms with van der Waals surface area (Å²) in [5.41, 5.74) is 0. The summed E-state index contributed by atoms with van der Waals surface area (Å²) >= 11 is 3.03. The second-order valence-corrected chi connectivity index (χ2v) is 6.61. The molecule has 3 aromatic rings. The normalized spacial score (nSPS) is 12.5. The summed E-state index contributed by atoms with van der Waals surface area (Å²) < 4.78 is 13.0. The first-order valence-electron chi connectivity index (χ1n) is 6.30. The third-order valence-corrected chi connectivity index (χ3v) is 5.46. The number of fused-ring (bicyclic) bond motifs is 3. The van der Waals surface area contributed by atoms with Crippen LogP contribution in [-0.2, 0) is 14.3 Å². The maximum Gasteiger partial charge on any atom is 0.349 e. The van der Waals surface area contributed by atoms with Gasteiger partial charge in [-0.25, -0.2) is 9.59 Å². The van der Waals surface area contributed by atoms with Crippen molar-refractivity contribution in [2.75, 3.05) is 7.11 Å². The zero-order valence-electron chi connectivity index (χ0n) is 11.4. The predicted molar refractivity (Wildman–Crippen MR) is 84.1 cm³/mol. The Morgan fingerprint density at radius 1 is 1.14 bits per heavy atom. The number of carbonyl (C=O) groups is 2. The highest BCUT2D eigenvalue weighted by Gasteiger charge is 2.21. The lowest BCUT2D eigenvalue weighted by Crippen LogP contribution is -2.24. The monoisotopic (exact) mass is 320 g/mol. The summed E-state index contributed by atoms with van der Waals surface area (Å²) in [5.74, 6) is -1.06. The molecule has 1 atom stereocenters. The lowest BCUT2D eigenvalue weighted by atomic mass is 10.2. The van der Waals surface area contributed by atoms with E-state index in [0.717, 1.165) is 14.8 Å². The topological polar surface area (TPSA) is 52.6 Å². The maximum absolute atomic E-state index is 12.1. The number of hydrogen-bond donors (Lipinski definition) is 0. The van der Waals surface area contributed by atoms with Gasteiger partial charge in [0, 0.05) is 14.8 Å². The van der Waals surface area contributed by atoms with Gasteiger partial charge in [-0.2, -0.15) is 0 Å². The first kappa shape index (κ1) is 14.0. The fourth-order valence-electron chi connectivity index (χ4n) is 2.03. The van der Waals surface area contributed by atoms with Gasteiger partial charge >= 0.3 is 11.9 Å². The molecule has 0 saturated heterocycles. The average molecular weight is 320 g/mol. The maximum atomic E-state index is 12.1. The quantitative estimate of drug-likeness (QED) is 0.688. The van der Waals surface area contributed by atoms with Crippen LogP contribution in [0.2, 0.25) is 0 Å². The van der Waals surface area contributed by atoms with Crippen molar-refractivity contribution in [2.24, 2.45) is 0 Å². The molecule has 0 radical (unpaired) electrons. The van der Waals surface area contributed by atoms with Crippen LogP contribution in [0.25, 0.3) is 19.5 Å². The summed E-state index contributed by atoms with van der Waals surface area (Å²) in [5, 5.41) is 1.14. The van der Waals surface area contributed by atoms with Crippen molar-refractivity contribution >= 4 is 54.1 Å². The van der Waals surface area contributed by atoms with Crippen LogP contribution in [0.15, 0.2) is 30.3 Å². The Morgan fingerprint density at radius 3 is 2.67 bits per heavy atom. The minimum absolute atomic E-state index is 0.495. The minimum atomic E-state index is -0.903. The summed E-state index contributed by atoms with van der Waals surface area (Å²) in [6, 6.07) is 9.89. The SMILES string of the molecule is COC(=O)C(C)OC(=O)c1cc2sc3ccccc3c2s1.